The van der Waals surface area contributed by atoms with Crippen LogP contribution in [0.1, 0.15) is 96.0 Å². The maximum absolute atomic E-state index is 14.6. The highest BCUT2D eigenvalue weighted by Crippen LogP contribution is 2.45. The maximum Gasteiger partial charge on any atom is 0.200 e. The molecule has 3 rings (SSSR count). The van der Waals surface area contributed by atoms with Crippen molar-refractivity contribution in [3.63, 3.8) is 0 Å². The summed E-state index contributed by atoms with van der Waals surface area (Å²) in [5.74, 6) is 1.33. The zero-order chi connectivity index (χ0) is 19.2. The van der Waals surface area contributed by atoms with Crippen LogP contribution in [-0.2, 0) is 0 Å². The zero-order valence-electron chi connectivity index (χ0n) is 17.1. The quantitative estimate of drug-likeness (QED) is 0.474. The van der Waals surface area contributed by atoms with Crippen molar-refractivity contribution in [2.45, 2.75) is 90.4 Å². The Morgan fingerprint density at radius 3 is 2.04 bits per heavy atom. The Morgan fingerprint density at radius 1 is 0.815 bits per heavy atom. The smallest absolute Gasteiger partial charge is 0.200 e. The highest BCUT2D eigenvalue weighted by atomic mass is 19.2. The Hall–Kier alpha value is -1.12. The number of hydrogen-bond donors (Lipinski definition) is 0. The largest absolute Gasteiger partial charge is 0.490 e. The molecule has 0 unspecified atom stereocenters. The summed E-state index contributed by atoms with van der Waals surface area (Å²) in [7, 11) is 0. The van der Waals surface area contributed by atoms with Gasteiger partial charge >= 0.3 is 0 Å². The van der Waals surface area contributed by atoms with Crippen molar-refractivity contribution in [3.8, 4) is 5.75 Å². The first kappa shape index (κ1) is 20.6. The van der Waals surface area contributed by atoms with Crippen molar-refractivity contribution in [1.82, 2.24) is 0 Å². The number of benzene rings is 1. The van der Waals surface area contributed by atoms with Crippen molar-refractivity contribution in [2.24, 2.45) is 17.8 Å². The molecule has 152 valence electrons. The van der Waals surface area contributed by atoms with Gasteiger partial charge in [-0.05, 0) is 80.2 Å². The van der Waals surface area contributed by atoms with Gasteiger partial charge in [0.15, 0.2) is 11.6 Å². The third-order valence-electron chi connectivity index (χ3n) is 7.01. The molecule has 0 atom stereocenters. The summed E-state index contributed by atoms with van der Waals surface area (Å²) < 4.78 is 34.2. The van der Waals surface area contributed by atoms with E-state index in [4.69, 9.17) is 4.74 Å². The first-order valence-electron chi connectivity index (χ1n) is 11.2. The summed E-state index contributed by atoms with van der Waals surface area (Å²) in [4.78, 5) is 0. The molecule has 2 aliphatic carbocycles. The van der Waals surface area contributed by atoms with Crippen LogP contribution in [0.2, 0.25) is 0 Å². The Kier molecular flexibility index (Phi) is 7.55. The molecule has 0 radical (unpaired) electrons. The molecule has 0 heterocycles. The Morgan fingerprint density at radius 2 is 1.44 bits per heavy atom. The van der Waals surface area contributed by atoms with Gasteiger partial charge in [-0.3, -0.25) is 0 Å². The minimum Gasteiger partial charge on any atom is -0.490 e. The van der Waals surface area contributed by atoms with Gasteiger partial charge in [-0.15, -0.1) is 0 Å². The van der Waals surface area contributed by atoms with E-state index in [0.29, 0.717) is 12.2 Å². The van der Waals surface area contributed by atoms with Gasteiger partial charge in [0.1, 0.15) is 0 Å². The highest BCUT2D eigenvalue weighted by Gasteiger charge is 2.32. The summed E-state index contributed by atoms with van der Waals surface area (Å²) in [5, 5.41) is 0. The van der Waals surface area contributed by atoms with Gasteiger partial charge in [0.05, 0.1) is 6.61 Å². The SMILES string of the molecule is CCCOc1ccc(C2CCC([C@H]3CC[C@H](CCC)CC3)CC2)c(F)c1F. The van der Waals surface area contributed by atoms with E-state index in [1.165, 1.54) is 51.4 Å². The molecule has 2 saturated carbocycles. The molecule has 2 aliphatic rings. The number of halogens is 2. The molecular weight excluding hydrogens is 342 g/mol. The summed E-state index contributed by atoms with van der Waals surface area (Å²) >= 11 is 0. The molecule has 0 saturated heterocycles. The van der Waals surface area contributed by atoms with Crippen LogP contribution in [0.4, 0.5) is 8.78 Å². The molecule has 0 spiro atoms. The molecule has 27 heavy (non-hydrogen) atoms. The molecule has 1 aromatic carbocycles. The van der Waals surface area contributed by atoms with E-state index in [9.17, 15) is 8.78 Å². The molecule has 1 nitrogen and oxygen atoms in total. The lowest BCUT2D eigenvalue weighted by atomic mass is 9.68. The van der Waals surface area contributed by atoms with Gasteiger partial charge in [-0.25, -0.2) is 4.39 Å². The average molecular weight is 379 g/mol. The standard InChI is InChI=1S/C24H36F2O/c1-3-5-17-6-8-18(9-7-17)19-10-12-20(13-11-19)21-14-15-22(27-16-4-2)24(26)23(21)25/h14-15,17-20H,3-13,16H2,1-2H3/t17-,18-,19?,20?. The van der Waals surface area contributed by atoms with Crippen molar-refractivity contribution in [3.05, 3.63) is 29.3 Å². The molecule has 2 fully saturated rings. The van der Waals surface area contributed by atoms with E-state index in [0.717, 1.165) is 37.0 Å². The fourth-order valence-electron chi connectivity index (χ4n) is 5.44. The highest BCUT2D eigenvalue weighted by molar-refractivity contribution is 5.33. The molecule has 0 amide bonds. The van der Waals surface area contributed by atoms with Crippen molar-refractivity contribution in [2.75, 3.05) is 6.61 Å². The Labute approximate surface area is 163 Å². The van der Waals surface area contributed by atoms with Gasteiger partial charge in [0.25, 0.3) is 0 Å². The van der Waals surface area contributed by atoms with Crippen LogP contribution in [0, 0.1) is 29.4 Å². The van der Waals surface area contributed by atoms with Crippen LogP contribution in [-0.4, -0.2) is 6.61 Å². The second-order valence-electron chi connectivity index (χ2n) is 8.81. The molecule has 3 heteroatoms. The van der Waals surface area contributed by atoms with Crippen LogP contribution in [0.5, 0.6) is 5.75 Å². The molecule has 0 aliphatic heterocycles. The van der Waals surface area contributed by atoms with E-state index >= 15 is 0 Å². The van der Waals surface area contributed by atoms with Gasteiger partial charge < -0.3 is 4.74 Å². The van der Waals surface area contributed by atoms with Crippen LogP contribution in [0.3, 0.4) is 0 Å². The molecular formula is C24H36F2O. The third-order valence-corrected chi connectivity index (χ3v) is 7.01. The number of hydrogen-bond acceptors (Lipinski definition) is 1. The summed E-state index contributed by atoms with van der Waals surface area (Å²) in [5.41, 5.74) is 0.557. The zero-order valence-corrected chi connectivity index (χ0v) is 17.1. The number of ether oxygens (including phenoxy) is 1. The summed E-state index contributed by atoms with van der Waals surface area (Å²) in [6.45, 7) is 4.66. The lowest BCUT2D eigenvalue weighted by Crippen LogP contribution is -2.25. The average Bonchev–Trinajstić information content (AvgIpc) is 2.70. The topological polar surface area (TPSA) is 9.23 Å². The number of rotatable bonds is 7. The normalized spacial score (nSPS) is 28.9. The van der Waals surface area contributed by atoms with Gasteiger partial charge in [0, 0.05) is 0 Å². The van der Waals surface area contributed by atoms with Crippen LogP contribution in [0.15, 0.2) is 12.1 Å². The summed E-state index contributed by atoms with van der Waals surface area (Å²) in [6.07, 6.45) is 13.4. The van der Waals surface area contributed by atoms with Crippen molar-refractivity contribution >= 4 is 0 Å². The van der Waals surface area contributed by atoms with Crippen LogP contribution in [0.25, 0.3) is 0 Å². The lowest BCUT2D eigenvalue weighted by molar-refractivity contribution is 0.155. The van der Waals surface area contributed by atoms with Gasteiger partial charge in [-0.1, -0.05) is 45.6 Å². The van der Waals surface area contributed by atoms with E-state index < -0.39 is 11.6 Å². The first-order valence-corrected chi connectivity index (χ1v) is 11.2. The fraction of sp³-hybridized carbons (Fsp3) is 0.750. The van der Waals surface area contributed by atoms with Crippen LogP contribution >= 0.6 is 0 Å². The van der Waals surface area contributed by atoms with E-state index in [2.05, 4.69) is 6.92 Å². The van der Waals surface area contributed by atoms with E-state index in [1.54, 1.807) is 12.1 Å². The minimum atomic E-state index is -0.808. The molecule has 0 N–H and O–H groups in total. The Bertz CT molecular complexity index is 584. The Balaban J connectivity index is 1.54. The predicted octanol–water partition coefficient (Wildman–Crippen LogP) is 7.63. The van der Waals surface area contributed by atoms with E-state index in [1.807, 2.05) is 6.92 Å². The first-order chi connectivity index (χ1) is 13.1. The summed E-state index contributed by atoms with van der Waals surface area (Å²) in [6, 6.07) is 3.37. The molecule has 0 aromatic heterocycles. The molecule has 1 aromatic rings. The van der Waals surface area contributed by atoms with Gasteiger partial charge in [-0.2, -0.15) is 4.39 Å². The van der Waals surface area contributed by atoms with Crippen molar-refractivity contribution in [1.29, 1.82) is 0 Å². The fourth-order valence-corrected chi connectivity index (χ4v) is 5.44. The second kappa shape index (κ2) is 9.89. The monoisotopic (exact) mass is 378 g/mol. The van der Waals surface area contributed by atoms with Crippen molar-refractivity contribution < 1.29 is 13.5 Å². The van der Waals surface area contributed by atoms with Gasteiger partial charge in [0.2, 0.25) is 5.82 Å². The molecule has 0 bridgehead atoms. The second-order valence-corrected chi connectivity index (χ2v) is 8.81. The third kappa shape index (κ3) is 5.03. The predicted molar refractivity (Wildman–Crippen MR) is 107 cm³/mol. The minimum absolute atomic E-state index is 0.0515. The lowest BCUT2D eigenvalue weighted by Gasteiger charge is -2.38. The van der Waals surface area contributed by atoms with Crippen LogP contribution < -0.4 is 4.74 Å². The maximum atomic E-state index is 14.6. The van der Waals surface area contributed by atoms with E-state index in [-0.39, 0.29) is 11.7 Å².